The lowest BCUT2D eigenvalue weighted by Gasteiger charge is -2.28. The van der Waals surface area contributed by atoms with Crippen LogP contribution in [0.3, 0.4) is 0 Å². The van der Waals surface area contributed by atoms with Crippen LogP contribution < -0.4 is 10.6 Å². The van der Waals surface area contributed by atoms with Gasteiger partial charge in [0.1, 0.15) is 5.82 Å². The van der Waals surface area contributed by atoms with Crippen molar-refractivity contribution in [3.63, 3.8) is 0 Å². The van der Waals surface area contributed by atoms with E-state index in [2.05, 4.69) is 41.8 Å². The summed E-state index contributed by atoms with van der Waals surface area (Å²) in [6.07, 6.45) is 1.65. The average Bonchev–Trinajstić information content (AvgIpc) is 2.79. The second kappa shape index (κ2) is 5.63. The number of hydrogen-bond acceptors (Lipinski definition) is 5. The van der Waals surface area contributed by atoms with Gasteiger partial charge in [0, 0.05) is 31.5 Å². The number of aryl methyl sites for hydroxylation is 1. The van der Waals surface area contributed by atoms with Gasteiger partial charge in [-0.05, 0) is 35.2 Å². The maximum Gasteiger partial charge on any atom is 0.224 e. The van der Waals surface area contributed by atoms with Crippen LogP contribution in [0.2, 0.25) is 5.28 Å². The van der Waals surface area contributed by atoms with Crippen LogP contribution >= 0.6 is 11.6 Å². The third-order valence-electron chi connectivity index (χ3n) is 4.13. The van der Waals surface area contributed by atoms with Crippen LogP contribution in [0.25, 0.3) is 11.0 Å². The molecule has 0 saturated carbocycles. The first-order valence-corrected chi connectivity index (χ1v) is 8.05. The van der Waals surface area contributed by atoms with Gasteiger partial charge in [0.2, 0.25) is 11.2 Å². The molecule has 2 aromatic heterocycles. The molecule has 0 aliphatic heterocycles. The summed E-state index contributed by atoms with van der Waals surface area (Å²) < 4.78 is 1.90. The Bertz CT molecular complexity index is 909. The molecule has 0 aliphatic rings. The van der Waals surface area contributed by atoms with Gasteiger partial charge < -0.3 is 15.2 Å². The number of imidazole rings is 1. The highest BCUT2D eigenvalue weighted by molar-refractivity contribution is 6.28. The lowest BCUT2D eigenvalue weighted by Crippen LogP contribution is -2.20. The predicted octanol–water partition coefficient (Wildman–Crippen LogP) is 3.66. The van der Waals surface area contributed by atoms with Crippen molar-refractivity contribution in [2.24, 2.45) is 7.05 Å². The van der Waals surface area contributed by atoms with Crippen LogP contribution in [0, 0.1) is 0 Å². The first kappa shape index (κ1) is 16.5. The van der Waals surface area contributed by atoms with Crippen molar-refractivity contribution < 1.29 is 0 Å². The number of aromatic nitrogens is 4. The number of nitrogen functional groups attached to an aromatic ring is 1. The second-order valence-electron chi connectivity index (χ2n) is 6.85. The summed E-state index contributed by atoms with van der Waals surface area (Å²) in [4.78, 5) is 14.8. The fourth-order valence-corrected chi connectivity index (χ4v) is 3.06. The van der Waals surface area contributed by atoms with Crippen molar-refractivity contribution in [2.45, 2.75) is 26.2 Å². The summed E-state index contributed by atoms with van der Waals surface area (Å²) in [5.41, 5.74) is 9.95. The topological polar surface area (TPSA) is 72.9 Å². The fourth-order valence-electron chi connectivity index (χ4n) is 2.92. The highest BCUT2D eigenvalue weighted by Crippen LogP contribution is 2.39. The zero-order chi connectivity index (χ0) is 17.6. The molecule has 0 atom stereocenters. The minimum atomic E-state index is -0.124. The molecule has 24 heavy (non-hydrogen) atoms. The van der Waals surface area contributed by atoms with E-state index in [0.29, 0.717) is 5.95 Å². The number of rotatable bonds is 2. The zero-order valence-corrected chi connectivity index (χ0v) is 15.3. The van der Waals surface area contributed by atoms with E-state index in [0.717, 1.165) is 28.1 Å². The number of hydrogen-bond donors (Lipinski definition) is 1. The lowest BCUT2D eigenvalue weighted by molar-refractivity contribution is 0.595. The van der Waals surface area contributed by atoms with E-state index in [-0.39, 0.29) is 10.7 Å². The van der Waals surface area contributed by atoms with Crippen molar-refractivity contribution >= 4 is 40.1 Å². The van der Waals surface area contributed by atoms with Gasteiger partial charge in [-0.25, -0.2) is 15.0 Å². The largest absolute Gasteiger partial charge is 0.369 e. The zero-order valence-electron chi connectivity index (χ0n) is 14.5. The van der Waals surface area contributed by atoms with Crippen LogP contribution in [0.15, 0.2) is 24.4 Å². The minimum Gasteiger partial charge on any atom is -0.369 e. The summed E-state index contributed by atoms with van der Waals surface area (Å²) in [6, 6.07) is 5.93. The number of nitrogens with zero attached hydrogens (tertiary/aromatic N) is 5. The molecule has 3 rings (SSSR count). The first-order chi connectivity index (χ1) is 11.2. The van der Waals surface area contributed by atoms with Gasteiger partial charge in [-0.3, -0.25) is 0 Å². The highest BCUT2D eigenvalue weighted by atomic mass is 35.5. The van der Waals surface area contributed by atoms with Gasteiger partial charge in [0.25, 0.3) is 0 Å². The van der Waals surface area contributed by atoms with E-state index in [4.69, 9.17) is 17.3 Å². The Balaban J connectivity index is 2.28. The monoisotopic (exact) mass is 344 g/mol. The van der Waals surface area contributed by atoms with Crippen molar-refractivity contribution in [1.82, 2.24) is 19.5 Å². The molecule has 2 N–H and O–H groups in total. The molecule has 0 fully saturated rings. The van der Waals surface area contributed by atoms with E-state index in [1.54, 1.807) is 6.20 Å². The molecule has 7 heteroatoms. The van der Waals surface area contributed by atoms with Crippen LogP contribution in [0.4, 0.5) is 17.5 Å². The van der Waals surface area contributed by atoms with E-state index < -0.39 is 0 Å². The van der Waals surface area contributed by atoms with Gasteiger partial charge in [-0.15, -0.1) is 0 Å². The molecule has 0 spiro atoms. The molecule has 0 amide bonds. The summed E-state index contributed by atoms with van der Waals surface area (Å²) in [6.45, 7) is 6.49. The standard InChI is InChI=1S/C17H21ClN6/c1-17(2,3)13-10(23(4)12-8-9-20-15(18)21-12)6-7-11-14(13)22-16(19)24(11)5/h6-9H,1-5H3,(H2,19,22). The summed E-state index contributed by atoms with van der Waals surface area (Å²) in [5.74, 6) is 1.23. The molecular weight excluding hydrogens is 324 g/mol. The molecule has 3 aromatic rings. The van der Waals surface area contributed by atoms with Crippen LogP contribution in [0.1, 0.15) is 26.3 Å². The van der Waals surface area contributed by atoms with Gasteiger partial charge in [0.15, 0.2) is 0 Å². The number of anilines is 3. The molecule has 0 unspecified atom stereocenters. The SMILES string of the molecule is CN(c1ccnc(Cl)n1)c1ccc2c(nc(N)n2C)c1C(C)(C)C. The van der Waals surface area contributed by atoms with Gasteiger partial charge in [0.05, 0.1) is 11.0 Å². The average molecular weight is 345 g/mol. The molecular formula is C17H21ClN6. The van der Waals surface area contributed by atoms with Gasteiger partial charge in [-0.1, -0.05) is 20.8 Å². The fraction of sp³-hybridized carbons (Fsp3) is 0.353. The predicted molar refractivity (Wildman–Crippen MR) is 98.9 cm³/mol. The Kier molecular flexibility index (Phi) is 3.87. The van der Waals surface area contributed by atoms with Crippen molar-refractivity contribution in [1.29, 1.82) is 0 Å². The summed E-state index contributed by atoms with van der Waals surface area (Å²) in [5, 5.41) is 0.222. The Morgan fingerprint density at radius 3 is 2.50 bits per heavy atom. The maximum atomic E-state index is 6.02. The number of benzene rings is 1. The normalized spacial score (nSPS) is 11.9. The van der Waals surface area contributed by atoms with E-state index in [1.807, 2.05) is 35.7 Å². The van der Waals surface area contributed by atoms with Crippen LogP contribution in [-0.4, -0.2) is 26.6 Å². The van der Waals surface area contributed by atoms with Crippen LogP contribution in [-0.2, 0) is 12.5 Å². The van der Waals surface area contributed by atoms with Gasteiger partial charge in [-0.2, -0.15) is 0 Å². The van der Waals surface area contributed by atoms with Crippen LogP contribution in [0.5, 0.6) is 0 Å². The first-order valence-electron chi connectivity index (χ1n) is 7.68. The quantitative estimate of drug-likeness (QED) is 0.718. The van der Waals surface area contributed by atoms with E-state index >= 15 is 0 Å². The Hall–Kier alpha value is -2.34. The highest BCUT2D eigenvalue weighted by Gasteiger charge is 2.26. The molecule has 0 aliphatic carbocycles. The number of fused-ring (bicyclic) bond motifs is 1. The van der Waals surface area contributed by atoms with Crippen molar-refractivity contribution in [3.8, 4) is 0 Å². The number of nitrogens with two attached hydrogens (primary N) is 1. The third kappa shape index (κ3) is 2.67. The molecule has 2 heterocycles. The van der Waals surface area contributed by atoms with E-state index in [1.165, 1.54) is 0 Å². The lowest BCUT2D eigenvalue weighted by atomic mass is 9.84. The second-order valence-corrected chi connectivity index (χ2v) is 7.19. The molecule has 0 bridgehead atoms. The Labute approximate surface area is 146 Å². The van der Waals surface area contributed by atoms with Gasteiger partial charge >= 0.3 is 0 Å². The Morgan fingerprint density at radius 2 is 1.88 bits per heavy atom. The smallest absolute Gasteiger partial charge is 0.224 e. The third-order valence-corrected chi connectivity index (χ3v) is 4.31. The summed E-state index contributed by atoms with van der Waals surface area (Å²) >= 11 is 5.94. The number of halogens is 1. The van der Waals surface area contributed by atoms with Crippen molar-refractivity contribution in [3.05, 3.63) is 35.2 Å². The van der Waals surface area contributed by atoms with E-state index in [9.17, 15) is 0 Å². The minimum absolute atomic E-state index is 0.124. The molecule has 6 nitrogen and oxygen atoms in total. The summed E-state index contributed by atoms with van der Waals surface area (Å²) in [7, 11) is 3.88. The van der Waals surface area contributed by atoms with Crippen molar-refractivity contribution in [2.75, 3.05) is 17.7 Å². The maximum absolute atomic E-state index is 6.02. The molecule has 0 saturated heterocycles. The molecule has 126 valence electrons. The Morgan fingerprint density at radius 1 is 1.17 bits per heavy atom. The molecule has 0 radical (unpaired) electrons. The molecule has 1 aromatic carbocycles.